The fourth-order valence-corrected chi connectivity index (χ4v) is 3.54. The maximum atomic E-state index is 6.73. The van der Waals surface area contributed by atoms with E-state index >= 15 is 0 Å². The summed E-state index contributed by atoms with van der Waals surface area (Å²) in [6.07, 6.45) is 3.28. The lowest BCUT2D eigenvalue weighted by atomic mass is 9.89. The number of benzene rings is 2. The van der Waals surface area contributed by atoms with E-state index < -0.39 is 5.66 Å². The van der Waals surface area contributed by atoms with Crippen molar-refractivity contribution < 1.29 is 9.47 Å². The van der Waals surface area contributed by atoms with Crippen molar-refractivity contribution in [1.82, 2.24) is 4.98 Å². The van der Waals surface area contributed by atoms with Gasteiger partial charge in [-0.1, -0.05) is 23.7 Å². The topological polar surface area (TPSA) is 108 Å². The van der Waals surface area contributed by atoms with Gasteiger partial charge >= 0.3 is 0 Å². The molecule has 2 heterocycles. The summed E-state index contributed by atoms with van der Waals surface area (Å²) in [5, 5.41) is 3.54. The van der Waals surface area contributed by atoms with Crippen molar-refractivity contribution in [2.45, 2.75) is 19.2 Å². The maximum Gasteiger partial charge on any atom is 0.163 e. The molecule has 1 aromatic heterocycles. The minimum Gasteiger partial charge on any atom is -0.492 e. The van der Waals surface area contributed by atoms with E-state index in [0.29, 0.717) is 41.0 Å². The summed E-state index contributed by atoms with van der Waals surface area (Å²) in [6, 6.07) is 14.6. The van der Waals surface area contributed by atoms with E-state index in [1.54, 1.807) is 30.7 Å². The van der Waals surface area contributed by atoms with E-state index in [2.05, 4.69) is 15.3 Å². The van der Waals surface area contributed by atoms with Crippen molar-refractivity contribution in [3.8, 4) is 11.5 Å². The molecule has 0 fully saturated rings. The van der Waals surface area contributed by atoms with Gasteiger partial charge in [0.25, 0.3) is 0 Å². The molecule has 5 N–H and O–H groups in total. The number of fused-ring (bicyclic) bond motifs is 1. The van der Waals surface area contributed by atoms with Gasteiger partial charge in [-0.25, -0.2) is 4.99 Å². The van der Waals surface area contributed by atoms with E-state index in [0.717, 1.165) is 16.9 Å². The van der Waals surface area contributed by atoms with Gasteiger partial charge in [-0.15, -0.1) is 0 Å². The van der Waals surface area contributed by atoms with Crippen molar-refractivity contribution >= 4 is 29.3 Å². The van der Waals surface area contributed by atoms with Gasteiger partial charge in [-0.05, 0) is 37.3 Å². The van der Waals surface area contributed by atoms with Gasteiger partial charge in [-0.3, -0.25) is 10.7 Å². The zero-order valence-electron chi connectivity index (χ0n) is 16.4. The average molecular weight is 424 g/mol. The normalized spacial score (nSPS) is 17.2. The Morgan fingerprint density at radius 2 is 1.97 bits per heavy atom. The third kappa shape index (κ3) is 3.77. The first kappa shape index (κ1) is 20.0. The van der Waals surface area contributed by atoms with Crippen LogP contribution in [0, 0.1) is 0 Å². The van der Waals surface area contributed by atoms with Gasteiger partial charge in [0.05, 0.1) is 35.0 Å². The van der Waals surface area contributed by atoms with Gasteiger partial charge in [0.15, 0.2) is 5.66 Å². The number of aromatic nitrogens is 1. The van der Waals surface area contributed by atoms with Crippen LogP contribution in [0.1, 0.15) is 23.7 Å². The van der Waals surface area contributed by atoms with Crippen molar-refractivity contribution in [2.24, 2.45) is 10.7 Å². The van der Waals surface area contributed by atoms with E-state index in [9.17, 15) is 0 Å². The molecule has 30 heavy (non-hydrogen) atoms. The number of nitrogens with one attached hydrogen (secondary N) is 1. The van der Waals surface area contributed by atoms with Gasteiger partial charge in [0.2, 0.25) is 0 Å². The zero-order valence-corrected chi connectivity index (χ0v) is 17.2. The number of nitrogens with two attached hydrogens (primary N) is 2. The second-order valence-electron chi connectivity index (χ2n) is 6.79. The number of nitrogen functional groups attached to an aromatic ring is 1. The highest BCUT2D eigenvalue weighted by molar-refractivity contribution is 6.32. The molecule has 1 aliphatic rings. The number of ether oxygens (including phenoxy) is 2. The summed E-state index contributed by atoms with van der Waals surface area (Å²) < 4.78 is 11.4. The van der Waals surface area contributed by atoms with Crippen LogP contribution in [0.5, 0.6) is 11.5 Å². The molecule has 0 radical (unpaired) electrons. The monoisotopic (exact) mass is 423 g/mol. The molecule has 0 bridgehead atoms. The summed E-state index contributed by atoms with van der Waals surface area (Å²) >= 11 is 6.49. The summed E-state index contributed by atoms with van der Waals surface area (Å²) in [5.41, 5.74) is 15.3. The van der Waals surface area contributed by atoms with E-state index in [-0.39, 0.29) is 0 Å². The zero-order chi connectivity index (χ0) is 21.1. The van der Waals surface area contributed by atoms with Crippen LogP contribution in [0.15, 0.2) is 59.7 Å². The Morgan fingerprint density at radius 3 is 2.70 bits per heavy atom. The molecule has 1 unspecified atom stereocenters. The van der Waals surface area contributed by atoms with Crippen molar-refractivity contribution in [2.75, 3.05) is 17.7 Å². The highest BCUT2D eigenvalue weighted by atomic mass is 35.5. The molecular weight excluding hydrogens is 402 g/mol. The minimum atomic E-state index is -1.15. The molecule has 154 valence electrons. The Bertz CT molecular complexity index is 1090. The number of nitrogens with zero attached hydrogens (tertiary/aromatic N) is 2. The molecule has 0 aliphatic carbocycles. The molecular formula is C22H22ClN5O2. The Balaban J connectivity index is 1.64. The van der Waals surface area contributed by atoms with Crippen LogP contribution < -0.4 is 26.3 Å². The molecule has 1 atom stereocenters. The molecule has 7 nitrogen and oxygen atoms in total. The lowest BCUT2D eigenvalue weighted by Crippen LogP contribution is -2.39. The molecule has 3 aromatic rings. The summed E-state index contributed by atoms with van der Waals surface area (Å²) in [7, 11) is 0. The van der Waals surface area contributed by atoms with Crippen LogP contribution in [-0.2, 0) is 12.3 Å². The smallest absolute Gasteiger partial charge is 0.163 e. The predicted octanol–water partition coefficient (Wildman–Crippen LogP) is 3.91. The Hall–Kier alpha value is -3.29. The molecule has 1 aliphatic heterocycles. The number of hydrogen-bond acceptors (Lipinski definition) is 7. The average Bonchev–Trinajstić information content (AvgIpc) is 2.75. The fourth-order valence-electron chi connectivity index (χ4n) is 3.31. The van der Waals surface area contributed by atoms with Crippen LogP contribution in [0.3, 0.4) is 0 Å². The van der Waals surface area contributed by atoms with E-state index in [1.165, 1.54) is 0 Å². The predicted molar refractivity (Wildman–Crippen MR) is 119 cm³/mol. The highest BCUT2D eigenvalue weighted by Crippen LogP contribution is 2.42. The molecule has 0 saturated heterocycles. The summed E-state index contributed by atoms with van der Waals surface area (Å²) in [5.74, 6) is 1.14. The first-order valence-corrected chi connectivity index (χ1v) is 9.87. The summed E-state index contributed by atoms with van der Waals surface area (Å²) in [4.78, 5) is 8.73. The van der Waals surface area contributed by atoms with Crippen LogP contribution in [0.2, 0.25) is 5.02 Å². The Morgan fingerprint density at radius 1 is 1.10 bits per heavy atom. The molecule has 2 aromatic carbocycles. The standard InChI is InChI=1S/C22H22ClN5O2/c1-2-29-21-11-19-16(10-18(21)24)22(25,28-13-27-19)14-6-7-20(17(23)9-14)30-12-15-5-3-4-8-26-15/h3-11,13H,2,12,24-25H2,1H3,(H,27,28). The SMILES string of the molecule is CCOc1cc2c(cc1N)C(N)(c1ccc(OCc3ccccn3)c(Cl)c1)N=CN2. The third-order valence-electron chi connectivity index (χ3n) is 4.82. The van der Waals surface area contributed by atoms with Crippen molar-refractivity contribution in [3.63, 3.8) is 0 Å². The Labute approximate surface area is 179 Å². The van der Waals surface area contributed by atoms with Gasteiger partial charge < -0.3 is 20.5 Å². The first-order valence-electron chi connectivity index (χ1n) is 9.50. The highest BCUT2D eigenvalue weighted by Gasteiger charge is 2.35. The molecule has 0 saturated carbocycles. The van der Waals surface area contributed by atoms with Gasteiger partial charge in [0.1, 0.15) is 18.1 Å². The first-order chi connectivity index (χ1) is 14.5. The van der Waals surface area contributed by atoms with E-state index in [4.69, 9.17) is 32.5 Å². The van der Waals surface area contributed by atoms with Gasteiger partial charge in [-0.2, -0.15) is 0 Å². The molecule has 0 spiro atoms. The third-order valence-corrected chi connectivity index (χ3v) is 5.12. The number of anilines is 2. The maximum absolute atomic E-state index is 6.73. The number of rotatable bonds is 6. The summed E-state index contributed by atoms with van der Waals surface area (Å²) in [6.45, 7) is 2.73. The quantitative estimate of drug-likeness (QED) is 0.519. The van der Waals surface area contributed by atoms with Crippen LogP contribution >= 0.6 is 11.6 Å². The number of pyridine rings is 1. The number of aliphatic imine (C=N–C) groups is 1. The van der Waals surface area contributed by atoms with Crippen LogP contribution in [0.4, 0.5) is 11.4 Å². The second-order valence-corrected chi connectivity index (χ2v) is 7.20. The van der Waals surface area contributed by atoms with Crippen molar-refractivity contribution in [1.29, 1.82) is 0 Å². The lowest BCUT2D eigenvalue weighted by molar-refractivity contribution is 0.301. The van der Waals surface area contributed by atoms with Crippen LogP contribution in [-0.4, -0.2) is 17.9 Å². The molecule has 0 amide bonds. The molecule has 4 rings (SSSR count). The fraction of sp³-hybridized carbons (Fsp3) is 0.182. The lowest BCUT2D eigenvalue weighted by Gasteiger charge is -2.32. The number of hydrogen-bond donors (Lipinski definition) is 3. The second kappa shape index (κ2) is 8.22. The molecule has 8 heteroatoms. The van der Waals surface area contributed by atoms with Crippen LogP contribution in [0.25, 0.3) is 0 Å². The van der Waals surface area contributed by atoms with Crippen molar-refractivity contribution in [3.05, 3.63) is 76.6 Å². The Kier molecular flexibility index (Phi) is 5.48. The minimum absolute atomic E-state index is 0.315. The van der Waals surface area contributed by atoms with Gasteiger partial charge in [0, 0.05) is 23.4 Å². The largest absolute Gasteiger partial charge is 0.492 e. The number of halogens is 1. The van der Waals surface area contributed by atoms with E-state index in [1.807, 2.05) is 37.3 Å².